The average molecular weight is 189 g/mol. The number of terminal acetylenes is 1. The minimum atomic E-state index is -0.466. The predicted molar refractivity (Wildman–Crippen MR) is 56.7 cm³/mol. The average Bonchev–Trinajstić information content (AvgIpc) is 2.12. The fourth-order valence-electron chi connectivity index (χ4n) is 1.45. The number of hydrogen-bond acceptors (Lipinski definition) is 2. The van der Waals surface area contributed by atoms with Gasteiger partial charge in [-0.15, -0.1) is 12.3 Å². The fraction of sp³-hybridized carbons (Fsp3) is 0.417. The SMILES string of the molecule is C#CCCC(O)c1cc(C)nc(C)c1. The second-order valence-corrected chi connectivity index (χ2v) is 3.44. The number of pyridine rings is 1. The van der Waals surface area contributed by atoms with Crippen molar-refractivity contribution in [3.63, 3.8) is 0 Å². The van der Waals surface area contributed by atoms with Gasteiger partial charge >= 0.3 is 0 Å². The quantitative estimate of drug-likeness (QED) is 0.739. The van der Waals surface area contributed by atoms with Crippen LogP contribution in [0.15, 0.2) is 12.1 Å². The van der Waals surface area contributed by atoms with Crippen LogP contribution in [0.25, 0.3) is 0 Å². The number of aliphatic hydroxyl groups excluding tert-OH is 1. The maximum absolute atomic E-state index is 9.78. The van der Waals surface area contributed by atoms with Gasteiger partial charge in [0.25, 0.3) is 0 Å². The Morgan fingerprint density at radius 3 is 2.50 bits per heavy atom. The van der Waals surface area contributed by atoms with Gasteiger partial charge in [-0.3, -0.25) is 4.98 Å². The maximum atomic E-state index is 9.78. The zero-order valence-corrected chi connectivity index (χ0v) is 8.62. The molecule has 0 spiro atoms. The van der Waals surface area contributed by atoms with Crippen molar-refractivity contribution in [3.05, 3.63) is 29.1 Å². The van der Waals surface area contributed by atoms with Crippen LogP contribution < -0.4 is 0 Å². The summed E-state index contributed by atoms with van der Waals surface area (Å²) in [5.74, 6) is 2.52. The summed E-state index contributed by atoms with van der Waals surface area (Å²) < 4.78 is 0. The number of aliphatic hydroxyl groups is 1. The molecule has 0 aliphatic rings. The Bertz CT molecular complexity index is 332. The van der Waals surface area contributed by atoms with Crippen LogP contribution in [0.4, 0.5) is 0 Å². The van der Waals surface area contributed by atoms with Crippen LogP contribution in [0, 0.1) is 26.2 Å². The molecule has 0 amide bonds. The smallest absolute Gasteiger partial charge is 0.0800 e. The molecule has 0 aromatic carbocycles. The van der Waals surface area contributed by atoms with Crippen LogP contribution in [0.3, 0.4) is 0 Å². The molecule has 1 rings (SSSR count). The first-order valence-corrected chi connectivity index (χ1v) is 4.70. The van der Waals surface area contributed by atoms with E-state index in [2.05, 4.69) is 10.9 Å². The van der Waals surface area contributed by atoms with Crippen molar-refractivity contribution < 1.29 is 5.11 Å². The highest BCUT2D eigenvalue weighted by molar-refractivity contribution is 5.22. The third-order valence-corrected chi connectivity index (χ3v) is 2.05. The lowest BCUT2D eigenvalue weighted by Crippen LogP contribution is -1.99. The second-order valence-electron chi connectivity index (χ2n) is 3.44. The molecule has 1 aromatic rings. The zero-order valence-electron chi connectivity index (χ0n) is 8.62. The van der Waals surface area contributed by atoms with Crippen LogP contribution in [0.2, 0.25) is 0 Å². The highest BCUT2D eigenvalue weighted by Crippen LogP contribution is 2.19. The first-order valence-electron chi connectivity index (χ1n) is 4.70. The summed E-state index contributed by atoms with van der Waals surface area (Å²) >= 11 is 0. The molecule has 1 aromatic heterocycles. The predicted octanol–water partition coefficient (Wildman–Crippen LogP) is 2.15. The molecule has 0 saturated heterocycles. The van der Waals surface area contributed by atoms with Gasteiger partial charge in [0.15, 0.2) is 0 Å². The monoisotopic (exact) mass is 189 g/mol. The van der Waals surface area contributed by atoms with Crippen LogP contribution in [0.5, 0.6) is 0 Å². The molecular weight excluding hydrogens is 174 g/mol. The van der Waals surface area contributed by atoms with Gasteiger partial charge in [0.2, 0.25) is 0 Å². The van der Waals surface area contributed by atoms with E-state index in [4.69, 9.17) is 6.42 Å². The van der Waals surface area contributed by atoms with Gasteiger partial charge in [0.05, 0.1) is 6.10 Å². The minimum absolute atomic E-state index is 0.466. The molecule has 2 nitrogen and oxygen atoms in total. The molecule has 1 atom stereocenters. The number of aromatic nitrogens is 1. The standard InChI is InChI=1S/C12H15NO/c1-4-5-6-12(14)11-7-9(2)13-10(3)8-11/h1,7-8,12,14H,5-6H2,2-3H3. The van der Waals surface area contributed by atoms with E-state index in [0.717, 1.165) is 17.0 Å². The number of nitrogens with zero attached hydrogens (tertiary/aromatic N) is 1. The van der Waals surface area contributed by atoms with E-state index in [1.807, 2.05) is 26.0 Å². The number of hydrogen-bond donors (Lipinski definition) is 1. The summed E-state index contributed by atoms with van der Waals surface area (Å²) in [4.78, 5) is 4.25. The summed E-state index contributed by atoms with van der Waals surface area (Å²) in [6.45, 7) is 3.84. The summed E-state index contributed by atoms with van der Waals surface area (Å²) in [6.07, 6.45) is 5.88. The third kappa shape index (κ3) is 2.86. The van der Waals surface area contributed by atoms with E-state index >= 15 is 0 Å². The third-order valence-electron chi connectivity index (χ3n) is 2.05. The lowest BCUT2D eigenvalue weighted by Gasteiger charge is -2.10. The normalized spacial score (nSPS) is 12.1. The molecule has 0 aliphatic heterocycles. The molecule has 14 heavy (non-hydrogen) atoms. The molecule has 1 N–H and O–H groups in total. The van der Waals surface area contributed by atoms with Crippen molar-refractivity contribution in [3.8, 4) is 12.3 Å². The number of aryl methyl sites for hydroxylation is 2. The van der Waals surface area contributed by atoms with Crippen LogP contribution >= 0.6 is 0 Å². The summed E-state index contributed by atoms with van der Waals surface area (Å²) in [5, 5.41) is 9.78. The first kappa shape index (κ1) is 10.7. The lowest BCUT2D eigenvalue weighted by atomic mass is 10.0. The van der Waals surface area contributed by atoms with Crippen molar-refractivity contribution in [1.29, 1.82) is 0 Å². The van der Waals surface area contributed by atoms with E-state index in [0.29, 0.717) is 12.8 Å². The molecular formula is C12H15NO. The first-order chi connectivity index (χ1) is 6.63. The molecule has 1 heterocycles. The van der Waals surface area contributed by atoms with Crippen molar-refractivity contribution in [2.24, 2.45) is 0 Å². The Kier molecular flexibility index (Phi) is 3.67. The molecule has 2 heteroatoms. The van der Waals surface area contributed by atoms with Gasteiger partial charge in [0, 0.05) is 17.8 Å². The second kappa shape index (κ2) is 4.78. The van der Waals surface area contributed by atoms with Gasteiger partial charge in [0.1, 0.15) is 0 Å². The van der Waals surface area contributed by atoms with E-state index in [9.17, 15) is 5.11 Å². The van der Waals surface area contributed by atoms with Gasteiger partial charge < -0.3 is 5.11 Å². The Hall–Kier alpha value is -1.33. The maximum Gasteiger partial charge on any atom is 0.0800 e. The van der Waals surface area contributed by atoms with Crippen LogP contribution in [0.1, 0.15) is 35.9 Å². The highest BCUT2D eigenvalue weighted by Gasteiger charge is 2.07. The van der Waals surface area contributed by atoms with Gasteiger partial charge in [-0.2, -0.15) is 0 Å². The van der Waals surface area contributed by atoms with Crippen LogP contribution in [-0.2, 0) is 0 Å². The Morgan fingerprint density at radius 2 is 2.00 bits per heavy atom. The minimum Gasteiger partial charge on any atom is -0.388 e. The molecule has 0 fully saturated rings. The Labute approximate surface area is 85.0 Å². The van der Waals surface area contributed by atoms with Gasteiger partial charge in [-0.1, -0.05) is 0 Å². The van der Waals surface area contributed by atoms with E-state index < -0.39 is 6.10 Å². The summed E-state index contributed by atoms with van der Waals surface area (Å²) in [5.41, 5.74) is 2.77. The largest absolute Gasteiger partial charge is 0.388 e. The molecule has 0 radical (unpaired) electrons. The van der Waals surface area contributed by atoms with Crippen LogP contribution in [-0.4, -0.2) is 10.1 Å². The summed E-state index contributed by atoms with van der Waals surface area (Å²) in [6, 6.07) is 3.79. The highest BCUT2D eigenvalue weighted by atomic mass is 16.3. The molecule has 74 valence electrons. The van der Waals surface area contributed by atoms with Crippen molar-refractivity contribution in [1.82, 2.24) is 4.98 Å². The van der Waals surface area contributed by atoms with E-state index in [-0.39, 0.29) is 0 Å². The molecule has 1 unspecified atom stereocenters. The van der Waals surface area contributed by atoms with Crippen molar-refractivity contribution in [2.45, 2.75) is 32.8 Å². The Balaban J connectivity index is 2.79. The molecule has 0 aliphatic carbocycles. The summed E-state index contributed by atoms with van der Waals surface area (Å²) in [7, 11) is 0. The topological polar surface area (TPSA) is 33.1 Å². The Morgan fingerprint density at radius 1 is 1.43 bits per heavy atom. The molecule has 0 bridgehead atoms. The number of rotatable bonds is 3. The van der Waals surface area contributed by atoms with E-state index in [1.165, 1.54) is 0 Å². The molecule has 0 saturated carbocycles. The lowest BCUT2D eigenvalue weighted by molar-refractivity contribution is 0.169. The van der Waals surface area contributed by atoms with Crippen molar-refractivity contribution in [2.75, 3.05) is 0 Å². The fourth-order valence-corrected chi connectivity index (χ4v) is 1.45. The van der Waals surface area contributed by atoms with Crippen molar-refractivity contribution >= 4 is 0 Å². The van der Waals surface area contributed by atoms with E-state index in [1.54, 1.807) is 0 Å². The van der Waals surface area contributed by atoms with Gasteiger partial charge in [-0.25, -0.2) is 0 Å². The zero-order chi connectivity index (χ0) is 10.6. The van der Waals surface area contributed by atoms with Gasteiger partial charge in [-0.05, 0) is 38.0 Å².